The summed E-state index contributed by atoms with van der Waals surface area (Å²) in [4.78, 5) is 21.2. The molecule has 0 saturated heterocycles. The highest BCUT2D eigenvalue weighted by Gasteiger charge is 2.46. The highest BCUT2D eigenvalue weighted by molar-refractivity contribution is 6.07. The maximum atomic E-state index is 12.7. The molecular weight excluding hydrogens is 211 g/mol. The molecule has 0 spiro atoms. The minimum Gasteiger partial charge on any atom is -0.350 e. The highest BCUT2D eigenvalue weighted by atomic mass is 19.3. The summed E-state index contributed by atoms with van der Waals surface area (Å²) >= 11 is 0. The van der Waals surface area contributed by atoms with Crippen molar-refractivity contribution in [2.45, 2.75) is 32.1 Å². The van der Waals surface area contributed by atoms with E-state index in [9.17, 15) is 22.8 Å². The molecule has 0 saturated carbocycles. The molecule has 0 aliphatic rings. The van der Waals surface area contributed by atoms with Crippen LogP contribution in [0.25, 0.3) is 0 Å². The van der Waals surface area contributed by atoms with E-state index < -0.39 is 24.3 Å². The zero-order valence-electron chi connectivity index (χ0n) is 8.49. The van der Waals surface area contributed by atoms with E-state index >= 15 is 0 Å². The number of carbonyl (C=O) groups excluding carboxylic acids is 2. The van der Waals surface area contributed by atoms with E-state index in [0.717, 1.165) is 12.8 Å². The Labute approximate surface area is 86.0 Å². The molecule has 1 N–H and O–H groups in total. The molecule has 0 aromatic rings. The minimum atomic E-state index is -4.25. The van der Waals surface area contributed by atoms with Crippen LogP contribution in [0.5, 0.6) is 0 Å². The van der Waals surface area contributed by atoms with E-state index in [2.05, 4.69) is 0 Å². The summed E-state index contributed by atoms with van der Waals surface area (Å²) < 4.78 is 37.1. The van der Waals surface area contributed by atoms with Crippen LogP contribution in [-0.4, -0.2) is 30.8 Å². The standard InChI is InChI=1S/C9H14F3NO2/c1-2-3-4-5-13-8(15)9(11,12)7(14)6-10/h2-6H2,1H3,(H,13,15). The number of alkyl halides is 3. The third-order valence-electron chi connectivity index (χ3n) is 1.82. The highest BCUT2D eigenvalue weighted by Crippen LogP contribution is 2.15. The van der Waals surface area contributed by atoms with Gasteiger partial charge < -0.3 is 5.32 Å². The first-order valence-electron chi connectivity index (χ1n) is 4.72. The van der Waals surface area contributed by atoms with Crippen molar-refractivity contribution in [2.24, 2.45) is 0 Å². The number of unbranched alkanes of at least 4 members (excludes halogenated alkanes) is 2. The second-order valence-corrected chi connectivity index (χ2v) is 3.09. The number of hydrogen-bond donors (Lipinski definition) is 1. The molecule has 0 atom stereocenters. The summed E-state index contributed by atoms with van der Waals surface area (Å²) in [7, 11) is 0. The number of ketones is 1. The predicted molar refractivity (Wildman–Crippen MR) is 48.5 cm³/mol. The van der Waals surface area contributed by atoms with Crippen LogP contribution in [-0.2, 0) is 9.59 Å². The average Bonchev–Trinajstić information content (AvgIpc) is 2.22. The Bertz CT molecular complexity index is 231. The average molecular weight is 225 g/mol. The van der Waals surface area contributed by atoms with Crippen LogP contribution in [0.2, 0.25) is 0 Å². The Morgan fingerprint density at radius 3 is 2.33 bits per heavy atom. The van der Waals surface area contributed by atoms with Gasteiger partial charge in [-0.3, -0.25) is 9.59 Å². The van der Waals surface area contributed by atoms with E-state index in [0.29, 0.717) is 6.42 Å². The van der Waals surface area contributed by atoms with Gasteiger partial charge in [-0.1, -0.05) is 19.8 Å². The van der Waals surface area contributed by atoms with Gasteiger partial charge in [0.05, 0.1) is 0 Å². The van der Waals surface area contributed by atoms with Crippen molar-refractivity contribution in [3.8, 4) is 0 Å². The Balaban J connectivity index is 4.03. The molecule has 3 nitrogen and oxygen atoms in total. The summed E-state index contributed by atoms with van der Waals surface area (Å²) in [5.41, 5.74) is 0. The summed E-state index contributed by atoms with van der Waals surface area (Å²) in [5.74, 6) is -7.97. The van der Waals surface area contributed by atoms with Gasteiger partial charge in [-0.25, -0.2) is 4.39 Å². The lowest BCUT2D eigenvalue weighted by atomic mass is 10.2. The van der Waals surface area contributed by atoms with Crippen LogP contribution >= 0.6 is 0 Å². The molecule has 0 heterocycles. The van der Waals surface area contributed by atoms with Crippen LogP contribution in [0, 0.1) is 0 Å². The van der Waals surface area contributed by atoms with Crippen LogP contribution in [0.1, 0.15) is 26.2 Å². The molecule has 0 unspecified atom stereocenters. The number of rotatable bonds is 7. The Kier molecular flexibility index (Phi) is 5.96. The first-order valence-corrected chi connectivity index (χ1v) is 4.72. The van der Waals surface area contributed by atoms with Gasteiger partial charge in [0.15, 0.2) is 6.67 Å². The van der Waals surface area contributed by atoms with Crippen LogP contribution < -0.4 is 5.32 Å². The Hall–Kier alpha value is -1.07. The maximum Gasteiger partial charge on any atom is 0.384 e. The van der Waals surface area contributed by atoms with Crippen molar-refractivity contribution < 1.29 is 22.8 Å². The molecule has 0 aliphatic heterocycles. The van der Waals surface area contributed by atoms with Gasteiger partial charge in [0.25, 0.3) is 5.91 Å². The van der Waals surface area contributed by atoms with Gasteiger partial charge in [0, 0.05) is 6.54 Å². The zero-order chi connectivity index (χ0) is 11.9. The molecule has 0 aromatic heterocycles. The van der Waals surface area contributed by atoms with Gasteiger partial charge >= 0.3 is 5.92 Å². The number of nitrogens with one attached hydrogen (secondary N) is 1. The first kappa shape index (κ1) is 13.9. The van der Waals surface area contributed by atoms with Crippen molar-refractivity contribution in [1.82, 2.24) is 5.32 Å². The monoisotopic (exact) mass is 225 g/mol. The predicted octanol–water partition coefficient (Wildman–Crippen LogP) is 1.47. The third kappa shape index (κ3) is 4.31. The number of amides is 1. The molecule has 6 heteroatoms. The van der Waals surface area contributed by atoms with Crippen molar-refractivity contribution in [3.63, 3.8) is 0 Å². The molecule has 0 fully saturated rings. The van der Waals surface area contributed by atoms with Crippen LogP contribution in [0.4, 0.5) is 13.2 Å². The SMILES string of the molecule is CCCCCNC(=O)C(F)(F)C(=O)CF. The molecule has 88 valence electrons. The molecule has 0 aliphatic carbocycles. The molecule has 1 amide bonds. The summed E-state index contributed by atoms with van der Waals surface area (Å²) in [6, 6.07) is 0. The summed E-state index contributed by atoms with van der Waals surface area (Å²) in [6.45, 7) is 0.153. The van der Waals surface area contributed by atoms with Crippen molar-refractivity contribution >= 4 is 11.7 Å². The third-order valence-corrected chi connectivity index (χ3v) is 1.82. The van der Waals surface area contributed by atoms with Gasteiger partial charge in [-0.2, -0.15) is 8.78 Å². The zero-order valence-corrected chi connectivity index (χ0v) is 8.49. The molecule has 0 rings (SSSR count). The summed E-state index contributed by atoms with van der Waals surface area (Å²) in [6.07, 6.45) is 2.24. The molecular formula is C9H14F3NO2. The van der Waals surface area contributed by atoms with E-state index in [1.165, 1.54) is 0 Å². The molecule has 0 aromatic carbocycles. The fourth-order valence-electron chi connectivity index (χ4n) is 0.898. The number of carbonyl (C=O) groups is 2. The lowest BCUT2D eigenvalue weighted by Gasteiger charge is -2.12. The number of halogens is 3. The normalized spacial score (nSPS) is 11.2. The quantitative estimate of drug-likeness (QED) is 0.526. The summed E-state index contributed by atoms with van der Waals surface area (Å²) in [5, 5.41) is 1.90. The maximum absolute atomic E-state index is 12.7. The number of Topliss-reactive ketones (excluding diaryl/α,β-unsaturated/α-hetero) is 1. The minimum absolute atomic E-state index is 0.0713. The first-order chi connectivity index (χ1) is 6.96. The van der Waals surface area contributed by atoms with Crippen molar-refractivity contribution in [1.29, 1.82) is 0 Å². The fraction of sp³-hybridized carbons (Fsp3) is 0.778. The lowest BCUT2D eigenvalue weighted by molar-refractivity contribution is -0.158. The second kappa shape index (κ2) is 6.42. The van der Waals surface area contributed by atoms with Crippen LogP contribution in [0.3, 0.4) is 0 Å². The van der Waals surface area contributed by atoms with Crippen molar-refractivity contribution in [2.75, 3.05) is 13.2 Å². The van der Waals surface area contributed by atoms with E-state index in [1.807, 2.05) is 12.2 Å². The topological polar surface area (TPSA) is 46.2 Å². The van der Waals surface area contributed by atoms with Crippen LogP contribution in [0.15, 0.2) is 0 Å². The molecule has 15 heavy (non-hydrogen) atoms. The van der Waals surface area contributed by atoms with Gasteiger partial charge in [0.2, 0.25) is 5.78 Å². The molecule has 0 radical (unpaired) electrons. The van der Waals surface area contributed by atoms with E-state index in [4.69, 9.17) is 0 Å². The second-order valence-electron chi connectivity index (χ2n) is 3.09. The number of hydrogen-bond acceptors (Lipinski definition) is 2. The van der Waals surface area contributed by atoms with E-state index in [1.54, 1.807) is 0 Å². The lowest BCUT2D eigenvalue weighted by Crippen LogP contribution is -2.46. The largest absolute Gasteiger partial charge is 0.384 e. The fourth-order valence-corrected chi connectivity index (χ4v) is 0.898. The van der Waals surface area contributed by atoms with E-state index in [-0.39, 0.29) is 6.54 Å². The van der Waals surface area contributed by atoms with Gasteiger partial charge in [-0.15, -0.1) is 0 Å². The molecule has 0 bridgehead atoms. The van der Waals surface area contributed by atoms with Gasteiger partial charge in [-0.05, 0) is 6.42 Å². The Morgan fingerprint density at radius 2 is 1.87 bits per heavy atom. The van der Waals surface area contributed by atoms with Gasteiger partial charge in [0.1, 0.15) is 0 Å². The Morgan fingerprint density at radius 1 is 1.27 bits per heavy atom. The van der Waals surface area contributed by atoms with Crippen molar-refractivity contribution in [3.05, 3.63) is 0 Å². The smallest absolute Gasteiger partial charge is 0.350 e.